The molecule has 0 saturated carbocycles. The second-order valence-corrected chi connectivity index (χ2v) is 10.5. The summed E-state index contributed by atoms with van der Waals surface area (Å²) in [5.74, 6) is 0.102. The maximum Gasteiger partial charge on any atom is 0.312 e. The molecule has 1 saturated heterocycles. The Kier molecular flexibility index (Phi) is 7.30. The highest BCUT2D eigenvalue weighted by molar-refractivity contribution is 7.91. The number of oxazole rings is 1. The molecule has 1 atom stereocenters. The van der Waals surface area contributed by atoms with Crippen LogP contribution in [0, 0.1) is 6.92 Å². The Labute approximate surface area is 180 Å². The first-order valence-corrected chi connectivity index (χ1v) is 12.6. The van der Waals surface area contributed by atoms with Crippen LogP contribution < -0.4 is 0 Å². The van der Waals surface area contributed by atoms with E-state index in [0.29, 0.717) is 30.3 Å². The maximum atomic E-state index is 12.7. The van der Waals surface area contributed by atoms with E-state index in [1.807, 2.05) is 24.4 Å². The minimum Gasteiger partial charge on any atom is -0.455 e. The van der Waals surface area contributed by atoms with Gasteiger partial charge in [-0.2, -0.15) is 0 Å². The standard InChI is InChI=1S/C20H26N2O6S2/c1-3-4-8-22(15-7-10-30(25,26)13-15)18(23)12-27-19(24)11-16-14(2)28-20(21-16)17-6-5-9-29-17/h5-6,9,15H,3-4,7-8,10-13H2,1-2H3. The molecule has 2 aromatic heterocycles. The van der Waals surface area contributed by atoms with Crippen LogP contribution in [0.15, 0.2) is 21.9 Å². The van der Waals surface area contributed by atoms with Gasteiger partial charge in [-0.25, -0.2) is 13.4 Å². The van der Waals surface area contributed by atoms with Gasteiger partial charge in [-0.05, 0) is 31.2 Å². The molecule has 0 N–H and O–H groups in total. The lowest BCUT2D eigenvalue weighted by atomic mass is 10.2. The number of aryl methyl sites for hydroxylation is 1. The predicted molar refractivity (Wildman–Crippen MR) is 113 cm³/mol. The summed E-state index contributed by atoms with van der Waals surface area (Å²) in [4.78, 5) is 31.7. The fraction of sp³-hybridized carbons (Fsp3) is 0.550. The minimum atomic E-state index is -3.11. The van der Waals surface area contributed by atoms with Crippen molar-refractivity contribution in [3.05, 3.63) is 29.0 Å². The van der Waals surface area contributed by atoms with Crippen LogP contribution >= 0.6 is 11.3 Å². The molecular weight excluding hydrogens is 428 g/mol. The average Bonchev–Trinajstić information content (AvgIpc) is 3.42. The molecule has 1 fully saturated rings. The Balaban J connectivity index is 1.56. The number of hydrogen-bond donors (Lipinski definition) is 0. The zero-order valence-corrected chi connectivity index (χ0v) is 18.8. The molecule has 0 radical (unpaired) electrons. The van der Waals surface area contributed by atoms with Gasteiger partial charge in [0.15, 0.2) is 16.4 Å². The smallest absolute Gasteiger partial charge is 0.312 e. The van der Waals surface area contributed by atoms with Crippen LogP contribution in [0.4, 0.5) is 0 Å². The SMILES string of the molecule is CCCCN(C(=O)COC(=O)Cc1nc(-c2cccs2)oc1C)C1CCS(=O)(=O)C1. The van der Waals surface area contributed by atoms with Crippen molar-refractivity contribution < 1.29 is 27.2 Å². The molecular formula is C20H26N2O6S2. The zero-order valence-electron chi connectivity index (χ0n) is 17.1. The Bertz CT molecular complexity index is 981. The largest absolute Gasteiger partial charge is 0.455 e. The molecule has 8 nitrogen and oxygen atoms in total. The summed E-state index contributed by atoms with van der Waals surface area (Å²) in [7, 11) is -3.11. The average molecular weight is 455 g/mol. The second-order valence-electron chi connectivity index (χ2n) is 7.33. The maximum absolute atomic E-state index is 12.7. The van der Waals surface area contributed by atoms with Gasteiger partial charge in [-0.1, -0.05) is 19.4 Å². The number of hydrogen-bond acceptors (Lipinski definition) is 8. The molecule has 164 valence electrons. The molecule has 3 heterocycles. The van der Waals surface area contributed by atoms with Gasteiger partial charge in [0.25, 0.3) is 5.91 Å². The molecule has 0 aliphatic carbocycles. The second kappa shape index (κ2) is 9.74. The Morgan fingerprint density at radius 3 is 2.83 bits per heavy atom. The summed E-state index contributed by atoms with van der Waals surface area (Å²) in [6.45, 7) is 3.77. The molecule has 1 unspecified atom stereocenters. The highest BCUT2D eigenvalue weighted by Crippen LogP contribution is 2.26. The number of amides is 1. The van der Waals surface area contributed by atoms with E-state index in [0.717, 1.165) is 17.7 Å². The summed E-state index contributed by atoms with van der Waals surface area (Å²) in [5.41, 5.74) is 0.473. The topological polar surface area (TPSA) is 107 Å². The molecule has 0 spiro atoms. The summed E-state index contributed by atoms with van der Waals surface area (Å²) < 4.78 is 34.4. The summed E-state index contributed by atoms with van der Waals surface area (Å²) >= 11 is 1.49. The number of nitrogens with zero attached hydrogens (tertiary/aromatic N) is 2. The molecule has 0 bridgehead atoms. The third kappa shape index (κ3) is 5.69. The van der Waals surface area contributed by atoms with E-state index in [2.05, 4.69) is 4.98 Å². The van der Waals surface area contributed by atoms with Gasteiger partial charge in [-0.15, -0.1) is 11.3 Å². The van der Waals surface area contributed by atoms with Crippen LogP contribution in [-0.2, 0) is 30.6 Å². The monoisotopic (exact) mass is 454 g/mol. The van der Waals surface area contributed by atoms with Crippen molar-refractivity contribution in [2.75, 3.05) is 24.7 Å². The van der Waals surface area contributed by atoms with Gasteiger partial charge in [0.2, 0.25) is 5.89 Å². The van der Waals surface area contributed by atoms with Crippen LogP contribution in [0.5, 0.6) is 0 Å². The van der Waals surface area contributed by atoms with Crippen LogP contribution in [0.1, 0.15) is 37.6 Å². The molecule has 1 aliphatic heterocycles. The lowest BCUT2D eigenvalue weighted by molar-refractivity contribution is -0.152. The molecule has 3 rings (SSSR count). The number of carbonyl (C=O) groups is 2. The quantitative estimate of drug-likeness (QED) is 0.536. The molecule has 2 aromatic rings. The number of ether oxygens (including phenoxy) is 1. The number of rotatable bonds is 9. The van der Waals surface area contributed by atoms with Crippen LogP contribution in [0.25, 0.3) is 10.8 Å². The Hall–Kier alpha value is -2.20. The van der Waals surface area contributed by atoms with E-state index < -0.39 is 22.4 Å². The number of sulfone groups is 1. The summed E-state index contributed by atoms with van der Waals surface area (Å²) in [5, 5.41) is 1.91. The van der Waals surface area contributed by atoms with Gasteiger partial charge >= 0.3 is 5.97 Å². The highest BCUT2D eigenvalue weighted by Gasteiger charge is 2.34. The summed E-state index contributed by atoms with van der Waals surface area (Å²) in [6.07, 6.45) is 1.97. The lowest BCUT2D eigenvalue weighted by Gasteiger charge is -2.28. The van der Waals surface area contributed by atoms with E-state index >= 15 is 0 Å². The summed E-state index contributed by atoms with van der Waals surface area (Å²) in [6, 6.07) is 3.42. The van der Waals surface area contributed by atoms with Crippen molar-refractivity contribution in [2.24, 2.45) is 0 Å². The fourth-order valence-electron chi connectivity index (χ4n) is 3.37. The number of esters is 1. The van der Waals surface area contributed by atoms with E-state index in [1.54, 1.807) is 11.8 Å². The van der Waals surface area contributed by atoms with Gasteiger partial charge in [0.1, 0.15) is 5.76 Å². The van der Waals surface area contributed by atoms with Crippen LogP contribution in [-0.4, -0.2) is 60.9 Å². The fourth-order valence-corrected chi connectivity index (χ4v) is 5.75. The van der Waals surface area contributed by atoms with Gasteiger partial charge in [-0.3, -0.25) is 9.59 Å². The third-order valence-corrected chi connectivity index (χ3v) is 7.62. The van der Waals surface area contributed by atoms with Crippen LogP contribution in [0.3, 0.4) is 0 Å². The Morgan fingerprint density at radius 2 is 2.20 bits per heavy atom. The molecule has 10 heteroatoms. The van der Waals surface area contributed by atoms with Crippen molar-refractivity contribution in [1.29, 1.82) is 0 Å². The molecule has 1 aliphatic rings. The van der Waals surface area contributed by atoms with Gasteiger partial charge < -0.3 is 14.1 Å². The predicted octanol–water partition coefficient (Wildman–Crippen LogP) is 2.61. The first-order chi connectivity index (χ1) is 14.3. The van der Waals surface area contributed by atoms with E-state index in [4.69, 9.17) is 9.15 Å². The Morgan fingerprint density at radius 1 is 1.40 bits per heavy atom. The van der Waals surface area contributed by atoms with E-state index in [9.17, 15) is 18.0 Å². The molecule has 0 aromatic carbocycles. The number of thiophene rings is 1. The van der Waals surface area contributed by atoms with Gasteiger partial charge in [0.05, 0.1) is 28.5 Å². The van der Waals surface area contributed by atoms with E-state index in [1.165, 1.54) is 11.3 Å². The van der Waals surface area contributed by atoms with Crippen molar-refractivity contribution >= 4 is 33.1 Å². The highest BCUT2D eigenvalue weighted by atomic mass is 32.2. The van der Waals surface area contributed by atoms with E-state index in [-0.39, 0.29) is 29.9 Å². The van der Waals surface area contributed by atoms with Crippen molar-refractivity contribution in [2.45, 2.75) is 45.6 Å². The minimum absolute atomic E-state index is 0.0277. The number of unbranched alkanes of at least 4 members (excludes halogenated alkanes) is 1. The molecule has 1 amide bonds. The normalized spacial score (nSPS) is 17.7. The third-order valence-electron chi connectivity index (χ3n) is 5.02. The van der Waals surface area contributed by atoms with Crippen molar-refractivity contribution in [3.8, 4) is 10.8 Å². The van der Waals surface area contributed by atoms with Crippen molar-refractivity contribution in [3.63, 3.8) is 0 Å². The lowest BCUT2D eigenvalue weighted by Crippen LogP contribution is -2.44. The number of carbonyl (C=O) groups excluding carboxylic acids is 2. The first-order valence-electron chi connectivity index (χ1n) is 9.94. The van der Waals surface area contributed by atoms with Crippen LogP contribution in [0.2, 0.25) is 0 Å². The van der Waals surface area contributed by atoms with Crippen molar-refractivity contribution in [1.82, 2.24) is 9.88 Å². The zero-order chi connectivity index (χ0) is 21.7. The molecule has 30 heavy (non-hydrogen) atoms. The number of aromatic nitrogens is 1. The first kappa shape index (κ1) is 22.5. The van der Waals surface area contributed by atoms with Gasteiger partial charge in [0, 0.05) is 12.6 Å².